The number of benzene rings is 3. The third-order valence-electron chi connectivity index (χ3n) is 4.89. The van der Waals surface area contributed by atoms with Crippen LogP contribution in [0.5, 0.6) is 0 Å². The predicted octanol–water partition coefficient (Wildman–Crippen LogP) is 5.39. The number of nitrogens with zero attached hydrogens (tertiary/aromatic N) is 2. The quantitative estimate of drug-likeness (QED) is 0.328. The van der Waals surface area contributed by atoms with Crippen LogP contribution in [0.2, 0.25) is 5.02 Å². The Balaban J connectivity index is 1.69. The lowest BCUT2D eigenvalue weighted by Crippen LogP contribution is -2.23. The van der Waals surface area contributed by atoms with Crippen molar-refractivity contribution in [2.24, 2.45) is 0 Å². The molecule has 0 bridgehead atoms. The fourth-order valence-electron chi connectivity index (χ4n) is 3.37. The van der Waals surface area contributed by atoms with Gasteiger partial charge in [0.2, 0.25) is 5.91 Å². The molecule has 0 saturated carbocycles. The van der Waals surface area contributed by atoms with E-state index in [4.69, 9.17) is 11.6 Å². The van der Waals surface area contributed by atoms with Crippen molar-refractivity contribution in [3.8, 4) is 5.69 Å². The minimum atomic E-state index is -0.203. The van der Waals surface area contributed by atoms with Gasteiger partial charge in [0.05, 0.1) is 22.3 Å². The smallest absolute Gasteiger partial charge is 0.266 e. The van der Waals surface area contributed by atoms with Gasteiger partial charge in [0, 0.05) is 10.7 Å². The Hall–Kier alpha value is -3.09. The number of halogens is 1. The van der Waals surface area contributed by atoms with Gasteiger partial charge in [-0.25, -0.2) is 4.98 Å². The Morgan fingerprint density at radius 2 is 1.74 bits per heavy atom. The molecule has 0 spiro atoms. The minimum absolute atomic E-state index is 0.110. The lowest BCUT2D eigenvalue weighted by atomic mass is 10.1. The van der Waals surface area contributed by atoms with Crippen molar-refractivity contribution in [3.63, 3.8) is 0 Å². The van der Waals surface area contributed by atoms with Gasteiger partial charge < -0.3 is 5.32 Å². The van der Waals surface area contributed by atoms with E-state index in [0.717, 1.165) is 16.8 Å². The summed E-state index contributed by atoms with van der Waals surface area (Å²) in [5.41, 5.74) is 3.80. The Bertz CT molecular complexity index is 1330. The molecule has 0 aliphatic rings. The Morgan fingerprint density at radius 1 is 1.03 bits per heavy atom. The van der Waals surface area contributed by atoms with Crippen molar-refractivity contribution < 1.29 is 4.79 Å². The fourth-order valence-corrected chi connectivity index (χ4v) is 4.37. The number of fused-ring (bicyclic) bond motifs is 1. The summed E-state index contributed by atoms with van der Waals surface area (Å²) in [5.74, 6) is -0.0542. The molecule has 4 aromatic rings. The number of amides is 1. The van der Waals surface area contributed by atoms with E-state index in [2.05, 4.69) is 10.3 Å². The number of rotatable bonds is 5. The van der Waals surface area contributed by atoms with E-state index in [0.29, 0.717) is 26.8 Å². The third-order valence-corrected chi connectivity index (χ3v) is 6.06. The molecule has 5 nitrogen and oxygen atoms in total. The summed E-state index contributed by atoms with van der Waals surface area (Å²) in [6, 6.07) is 20.1. The van der Waals surface area contributed by atoms with Gasteiger partial charge in [0.15, 0.2) is 5.16 Å². The molecule has 0 aliphatic carbocycles. The summed E-state index contributed by atoms with van der Waals surface area (Å²) >= 11 is 7.37. The monoisotopic (exact) mass is 449 g/mol. The normalized spacial score (nSPS) is 10.9. The maximum absolute atomic E-state index is 13.3. The molecule has 156 valence electrons. The highest BCUT2D eigenvalue weighted by molar-refractivity contribution is 7.99. The van der Waals surface area contributed by atoms with Gasteiger partial charge in [-0.05, 0) is 55.3 Å². The first-order valence-corrected chi connectivity index (χ1v) is 11.1. The molecule has 3 aromatic carbocycles. The summed E-state index contributed by atoms with van der Waals surface area (Å²) in [7, 11) is 0. The number of carbonyl (C=O) groups is 1. The second-order valence-corrected chi connectivity index (χ2v) is 8.51. The first kappa shape index (κ1) is 21.2. The molecular weight excluding hydrogens is 430 g/mol. The number of aryl methyl sites for hydroxylation is 2. The number of aromatic nitrogens is 2. The Labute approximate surface area is 189 Å². The first-order valence-electron chi connectivity index (χ1n) is 9.70. The lowest BCUT2D eigenvalue weighted by Gasteiger charge is -2.14. The van der Waals surface area contributed by atoms with Crippen molar-refractivity contribution >= 4 is 45.9 Å². The molecule has 1 heterocycles. The molecule has 0 saturated heterocycles. The average Bonchev–Trinajstić information content (AvgIpc) is 2.75. The molecular formula is C24H20ClN3O2S. The van der Waals surface area contributed by atoms with Gasteiger partial charge >= 0.3 is 0 Å². The van der Waals surface area contributed by atoms with E-state index in [1.165, 1.54) is 16.3 Å². The largest absolute Gasteiger partial charge is 0.325 e. The van der Waals surface area contributed by atoms with Gasteiger partial charge in [-0.2, -0.15) is 0 Å². The molecule has 4 rings (SSSR count). The Morgan fingerprint density at radius 3 is 2.48 bits per heavy atom. The highest BCUT2D eigenvalue weighted by Crippen LogP contribution is 2.24. The zero-order valence-corrected chi connectivity index (χ0v) is 18.6. The minimum Gasteiger partial charge on any atom is -0.325 e. The number of anilines is 1. The van der Waals surface area contributed by atoms with Gasteiger partial charge in [0.25, 0.3) is 5.56 Å². The molecule has 0 fully saturated rings. The van der Waals surface area contributed by atoms with Crippen LogP contribution >= 0.6 is 23.4 Å². The molecule has 1 amide bonds. The average molecular weight is 450 g/mol. The molecule has 0 aliphatic heterocycles. The number of hydrogen-bond donors (Lipinski definition) is 1. The summed E-state index contributed by atoms with van der Waals surface area (Å²) in [6.07, 6.45) is 0. The first-order chi connectivity index (χ1) is 14.9. The van der Waals surface area contributed by atoms with Gasteiger partial charge in [-0.15, -0.1) is 0 Å². The van der Waals surface area contributed by atoms with Crippen molar-refractivity contribution in [1.82, 2.24) is 9.55 Å². The van der Waals surface area contributed by atoms with Crippen LogP contribution in [0.1, 0.15) is 11.1 Å². The molecule has 0 atom stereocenters. The zero-order chi connectivity index (χ0) is 22.0. The summed E-state index contributed by atoms with van der Waals surface area (Å²) in [6.45, 7) is 3.91. The second kappa shape index (κ2) is 8.96. The second-order valence-electron chi connectivity index (χ2n) is 7.14. The molecule has 0 unspecified atom stereocenters. The van der Waals surface area contributed by atoms with Crippen LogP contribution in [-0.2, 0) is 4.79 Å². The standard InChI is InChI=1S/C24H20ClN3O2S/c1-15-7-5-8-16(2)22(15)27-21(29)14-31-24-26-20-12-4-3-11-19(20)23(30)28(24)18-10-6-9-17(25)13-18/h3-13H,14H2,1-2H3,(H,27,29). The van der Waals surface area contributed by atoms with Gasteiger partial charge in [-0.1, -0.05) is 59.8 Å². The number of hydrogen-bond acceptors (Lipinski definition) is 4. The molecule has 1 N–H and O–H groups in total. The number of thioether (sulfide) groups is 1. The molecule has 31 heavy (non-hydrogen) atoms. The van der Waals surface area contributed by atoms with E-state index >= 15 is 0 Å². The topological polar surface area (TPSA) is 64.0 Å². The van der Waals surface area contributed by atoms with E-state index < -0.39 is 0 Å². The summed E-state index contributed by atoms with van der Waals surface area (Å²) < 4.78 is 1.51. The van der Waals surface area contributed by atoms with Crippen LogP contribution in [0.3, 0.4) is 0 Å². The van der Waals surface area contributed by atoms with Gasteiger partial charge in [0.1, 0.15) is 0 Å². The van der Waals surface area contributed by atoms with Crippen molar-refractivity contribution in [1.29, 1.82) is 0 Å². The SMILES string of the molecule is Cc1cccc(C)c1NC(=O)CSc1nc2ccccc2c(=O)n1-c1cccc(Cl)c1. The summed E-state index contributed by atoms with van der Waals surface area (Å²) in [5, 5.41) is 4.43. The Kier molecular flexibility index (Phi) is 6.11. The number of para-hydroxylation sites is 2. The van der Waals surface area contributed by atoms with E-state index in [9.17, 15) is 9.59 Å². The third kappa shape index (κ3) is 4.50. The number of carbonyl (C=O) groups excluding carboxylic acids is 1. The van der Waals surface area contributed by atoms with E-state index in [1.54, 1.807) is 42.5 Å². The summed E-state index contributed by atoms with van der Waals surface area (Å²) in [4.78, 5) is 30.6. The number of nitrogens with one attached hydrogen (secondary N) is 1. The highest BCUT2D eigenvalue weighted by atomic mass is 35.5. The van der Waals surface area contributed by atoms with Crippen molar-refractivity contribution in [2.75, 3.05) is 11.1 Å². The fraction of sp³-hybridized carbons (Fsp3) is 0.125. The lowest BCUT2D eigenvalue weighted by molar-refractivity contribution is -0.113. The van der Waals surface area contributed by atoms with Crippen LogP contribution in [0.4, 0.5) is 5.69 Å². The molecule has 7 heteroatoms. The van der Waals surface area contributed by atoms with Crippen LogP contribution in [0.15, 0.2) is 76.7 Å². The van der Waals surface area contributed by atoms with Crippen molar-refractivity contribution in [2.45, 2.75) is 19.0 Å². The van der Waals surface area contributed by atoms with Crippen LogP contribution in [0, 0.1) is 13.8 Å². The van der Waals surface area contributed by atoms with E-state index in [-0.39, 0.29) is 17.2 Å². The molecule has 0 radical (unpaired) electrons. The predicted molar refractivity (Wildman–Crippen MR) is 128 cm³/mol. The van der Waals surface area contributed by atoms with Gasteiger partial charge in [-0.3, -0.25) is 14.2 Å². The van der Waals surface area contributed by atoms with Crippen LogP contribution in [-0.4, -0.2) is 21.2 Å². The van der Waals surface area contributed by atoms with E-state index in [1.807, 2.05) is 38.1 Å². The van der Waals surface area contributed by atoms with Crippen LogP contribution < -0.4 is 10.9 Å². The molecule has 1 aromatic heterocycles. The maximum atomic E-state index is 13.3. The van der Waals surface area contributed by atoms with Crippen molar-refractivity contribution in [3.05, 3.63) is 93.2 Å². The highest BCUT2D eigenvalue weighted by Gasteiger charge is 2.16. The van der Waals surface area contributed by atoms with Crippen LogP contribution in [0.25, 0.3) is 16.6 Å². The maximum Gasteiger partial charge on any atom is 0.266 e. The zero-order valence-electron chi connectivity index (χ0n) is 17.1.